The first-order valence-electron chi connectivity index (χ1n) is 2.02. The van der Waals surface area contributed by atoms with Crippen LogP contribution in [0.5, 0.6) is 0 Å². The summed E-state index contributed by atoms with van der Waals surface area (Å²) >= 11 is 0. The minimum atomic E-state index is -3.36. The maximum absolute atomic E-state index is 12.3. The molecule has 3 unspecified atom stereocenters. The second-order valence-corrected chi connectivity index (χ2v) is 7.67. The number of hydrogen-bond donors (Lipinski definition) is 0. The van der Waals surface area contributed by atoms with Crippen LogP contribution >= 0.6 is 24.6 Å². The van der Waals surface area contributed by atoms with Gasteiger partial charge >= 0.3 is 42.9 Å². The van der Waals surface area contributed by atoms with Gasteiger partial charge in [0.05, 0.1) is 0 Å². The van der Waals surface area contributed by atoms with Crippen LogP contribution in [-0.2, 0) is 4.70 Å². The van der Waals surface area contributed by atoms with Gasteiger partial charge in [0.2, 0.25) is 0 Å². The molecule has 0 amide bonds. The van der Waals surface area contributed by atoms with Crippen molar-refractivity contribution >= 4 is 31.4 Å². The Labute approximate surface area is 43.9 Å². The molecule has 0 saturated carbocycles. The van der Waals surface area contributed by atoms with Gasteiger partial charge in [-0.1, -0.05) is 0 Å². The molecule has 0 bridgehead atoms. The molecule has 0 N–H and O–H groups in total. The molecule has 0 radical (unpaired) electrons. The van der Waals surface area contributed by atoms with Crippen molar-refractivity contribution < 1.29 is 8.90 Å². The molecule has 0 aromatic rings. The van der Waals surface area contributed by atoms with Gasteiger partial charge in [-0.3, -0.25) is 0 Å². The van der Waals surface area contributed by atoms with Crippen LogP contribution in [0.2, 0.25) is 0 Å². The Kier molecular flexibility index (Phi) is 1.61. The van der Waals surface area contributed by atoms with Gasteiger partial charge < -0.3 is 0 Å². The van der Waals surface area contributed by atoms with Crippen LogP contribution in [0.15, 0.2) is 0 Å². The molecular formula is H4BFOP3+. The molecule has 0 aromatic heterocycles. The summed E-state index contributed by atoms with van der Waals surface area (Å²) in [5, 5.41) is 0. The van der Waals surface area contributed by atoms with Gasteiger partial charge in [0.25, 0.3) is 0 Å². The van der Waals surface area contributed by atoms with Gasteiger partial charge in [0.15, 0.2) is 0 Å². The Morgan fingerprint density at radius 2 is 3.00 bits per heavy atom. The third-order valence-corrected chi connectivity index (χ3v) is 1.09. The molecule has 0 fully saturated rings. The zero-order chi connectivity index (χ0) is 6.78. The van der Waals surface area contributed by atoms with Gasteiger partial charge in [-0.15, -0.1) is 0 Å². The summed E-state index contributed by atoms with van der Waals surface area (Å²) in [4.78, 5) is 0. The zero-order valence-corrected chi connectivity index (χ0v) is 5.78. The molecule has 0 aliphatic carbocycles. The van der Waals surface area contributed by atoms with E-state index in [0.29, 0.717) is 0 Å². The Bertz CT molecular complexity index is 95.3. The van der Waals surface area contributed by atoms with E-state index in [1.165, 1.54) is 0 Å². The number of hydrogen-bond acceptors (Lipinski definition) is 1. The van der Waals surface area contributed by atoms with E-state index in [4.69, 9.17) is 2.56 Å². The van der Waals surface area contributed by atoms with Gasteiger partial charge in [-0.2, -0.15) is 0 Å². The molecule has 3 atom stereocenters. The summed E-state index contributed by atoms with van der Waals surface area (Å²) in [5.74, 6) is 0. The first-order chi connectivity index (χ1) is 3.50. The van der Waals surface area contributed by atoms with Crippen molar-refractivity contribution in [1.82, 2.24) is 0 Å². The van der Waals surface area contributed by atoms with Crippen LogP contribution < -0.4 is 0 Å². The van der Waals surface area contributed by atoms with Crippen LogP contribution in [0.1, 0.15) is 0 Å². The fourth-order valence-electron chi connectivity index (χ4n) is 0. The van der Waals surface area contributed by atoms with Crippen molar-refractivity contribution in [3.05, 3.63) is 0 Å². The summed E-state index contributed by atoms with van der Waals surface area (Å²) in [6.45, 7) is -3.29. The second kappa shape index (κ2) is 2.41. The van der Waals surface area contributed by atoms with E-state index >= 15 is 0 Å². The molecule has 6 heteroatoms. The van der Waals surface area contributed by atoms with Crippen LogP contribution in [0, 0.1) is 0 Å². The zero-order valence-electron chi connectivity index (χ0n) is 4.84. The second-order valence-electron chi connectivity index (χ2n) is 0.756. The van der Waals surface area contributed by atoms with E-state index in [9.17, 15) is 8.90 Å². The first-order valence-corrected chi connectivity index (χ1v) is 5.64. The Morgan fingerprint density at radius 1 is 2.50 bits per heavy atom. The summed E-state index contributed by atoms with van der Waals surface area (Å²) in [7, 11) is -0.567. The Morgan fingerprint density at radius 3 is 3.00 bits per heavy atom. The maximum atomic E-state index is 12.3. The number of halogens is 1. The van der Waals surface area contributed by atoms with Gasteiger partial charge in [0, 0.05) is 0 Å². The number of rotatable bonds is 2. The average Bonchev–Trinajstić information content (AvgIpc) is 1.67. The molecule has 0 rings (SSSR count). The van der Waals surface area contributed by atoms with Crippen LogP contribution in [0.3, 0.4) is 0 Å². The van der Waals surface area contributed by atoms with E-state index in [1.807, 2.05) is 0 Å². The molecule has 0 heterocycles. The monoisotopic (exact) mass is 146 g/mol. The fourth-order valence-corrected chi connectivity index (χ4v) is 0. The first kappa shape index (κ1) is 4.01. The van der Waals surface area contributed by atoms with Crippen molar-refractivity contribution in [2.45, 2.75) is 0 Å². The third kappa shape index (κ3) is 5.08. The third-order valence-electron chi connectivity index (χ3n) is 0.148. The van der Waals surface area contributed by atoms with Crippen molar-refractivity contribution in [3.8, 4) is 0 Å². The molecule has 0 saturated heterocycles. The summed E-state index contributed by atoms with van der Waals surface area (Å²) < 4.78 is 35.1. The fraction of sp³-hybridized carbons (Fsp3) is 0. The van der Waals surface area contributed by atoms with E-state index < -0.39 is 15.6 Å². The standard InChI is InChI=1S/BFH4OP3/c2-6(4,5)1-3/h4-5H2/q+1/i4TD. The topological polar surface area (TPSA) is 17.1 Å². The average molecular weight is 146 g/mol. The SMILES string of the molecule is [2H]P([3H])[P+](F)(P)B=O. The van der Waals surface area contributed by atoms with Gasteiger partial charge in [-0.05, 0) is 0 Å². The minimum absolute atomic E-state index is 0.0728. The molecule has 6 heavy (non-hydrogen) atoms. The quantitative estimate of drug-likeness (QED) is 0.425. The molecular weight excluding hydrogens is 139 g/mol. The van der Waals surface area contributed by atoms with E-state index in [1.54, 1.807) is 8.93 Å². The van der Waals surface area contributed by atoms with Crippen molar-refractivity contribution in [2.24, 2.45) is 0 Å². The van der Waals surface area contributed by atoms with E-state index in [-0.39, 0.29) is 6.87 Å². The Balaban J connectivity index is 3.90. The Hall–Kier alpha value is 1.08. The summed E-state index contributed by atoms with van der Waals surface area (Å²) in [6, 6.07) is 0. The molecule has 0 aromatic carbocycles. The van der Waals surface area contributed by atoms with E-state index in [0.717, 1.165) is 0 Å². The predicted molar refractivity (Wildman–Crippen MR) is 33.9 cm³/mol. The predicted octanol–water partition coefficient (Wildman–Crippen LogP) is 1.43. The van der Waals surface area contributed by atoms with Crippen LogP contribution in [0.4, 0.5) is 4.20 Å². The molecule has 0 spiro atoms. The van der Waals surface area contributed by atoms with Crippen molar-refractivity contribution in [2.75, 3.05) is 0 Å². The van der Waals surface area contributed by atoms with Crippen LogP contribution in [0.25, 0.3) is 0 Å². The molecule has 34 valence electrons. The van der Waals surface area contributed by atoms with Gasteiger partial charge in [0.1, 0.15) is 0 Å². The van der Waals surface area contributed by atoms with Crippen LogP contribution in [-0.4, -0.2) is 9.43 Å². The normalized spacial score (nSPS) is 28.3. The summed E-state index contributed by atoms with van der Waals surface area (Å²) in [6.07, 6.45) is 0. The molecule has 0 aliphatic heterocycles. The van der Waals surface area contributed by atoms with Crippen molar-refractivity contribution in [3.63, 3.8) is 0 Å². The summed E-state index contributed by atoms with van der Waals surface area (Å²) in [5.41, 5.74) is 0. The van der Waals surface area contributed by atoms with Gasteiger partial charge in [-0.25, -0.2) is 0 Å². The molecule has 0 aliphatic rings. The molecule has 1 nitrogen and oxygen atoms in total. The van der Waals surface area contributed by atoms with E-state index in [2.05, 4.69) is 0 Å². The van der Waals surface area contributed by atoms with Crippen molar-refractivity contribution in [1.29, 1.82) is 2.56 Å².